The highest BCUT2D eigenvalue weighted by Gasteiger charge is 2.46. The molecular formula is C34H46IN3O8. The van der Waals surface area contributed by atoms with Gasteiger partial charge in [-0.05, 0) is 84.6 Å². The van der Waals surface area contributed by atoms with Crippen LogP contribution in [0.3, 0.4) is 0 Å². The molecule has 11 nitrogen and oxygen atoms in total. The lowest BCUT2D eigenvalue weighted by Gasteiger charge is -2.34. The molecule has 0 radical (unpaired) electrons. The van der Waals surface area contributed by atoms with Crippen molar-refractivity contribution in [2.24, 2.45) is 11.3 Å². The number of esters is 1. The third-order valence-corrected chi connectivity index (χ3v) is 10.4. The number of carbonyl (C=O) groups is 3. The summed E-state index contributed by atoms with van der Waals surface area (Å²) in [7, 11) is 2.97. The Hall–Kier alpha value is -3.03. The molecule has 2 aliphatic heterocycles. The summed E-state index contributed by atoms with van der Waals surface area (Å²) in [5, 5.41) is 3.72. The zero-order chi connectivity index (χ0) is 33.0. The highest BCUT2D eigenvalue weighted by atomic mass is 127. The Morgan fingerprint density at radius 3 is 2.61 bits per heavy atom. The Bertz CT molecular complexity index is 1440. The van der Waals surface area contributed by atoms with Gasteiger partial charge in [-0.15, -0.1) is 0 Å². The highest BCUT2D eigenvalue weighted by Crippen LogP contribution is 2.41. The molecule has 5 rings (SSSR count). The summed E-state index contributed by atoms with van der Waals surface area (Å²) in [4.78, 5) is 47.0. The smallest absolute Gasteiger partial charge is 0.407 e. The van der Waals surface area contributed by atoms with E-state index in [9.17, 15) is 14.4 Å². The summed E-state index contributed by atoms with van der Waals surface area (Å²) >= 11 is 2.26. The van der Waals surface area contributed by atoms with Crippen molar-refractivity contribution in [1.82, 2.24) is 15.2 Å². The summed E-state index contributed by atoms with van der Waals surface area (Å²) in [6.07, 6.45) is 6.14. The number of aromatic nitrogens is 1. The molecule has 46 heavy (non-hydrogen) atoms. The zero-order valence-corrected chi connectivity index (χ0v) is 29.6. The third-order valence-electron chi connectivity index (χ3n) is 9.38. The molecule has 12 heteroatoms. The van der Waals surface area contributed by atoms with Crippen LogP contribution in [0.2, 0.25) is 0 Å². The van der Waals surface area contributed by atoms with E-state index in [1.807, 2.05) is 6.92 Å². The van der Waals surface area contributed by atoms with Crippen LogP contribution in [0.25, 0.3) is 10.9 Å². The van der Waals surface area contributed by atoms with Gasteiger partial charge in [0, 0.05) is 17.9 Å². The predicted molar refractivity (Wildman–Crippen MR) is 180 cm³/mol. The molecule has 1 saturated heterocycles. The van der Waals surface area contributed by atoms with Gasteiger partial charge in [0.1, 0.15) is 29.7 Å². The number of nitrogens with one attached hydrogen (secondary N) is 1. The number of carbonyl (C=O) groups excluding carboxylic acids is 3. The first kappa shape index (κ1) is 34.3. The molecule has 252 valence electrons. The van der Waals surface area contributed by atoms with Crippen LogP contribution in [0.4, 0.5) is 4.79 Å². The number of benzene rings is 1. The number of ether oxygens (including phenoxy) is 5. The molecule has 1 aromatic carbocycles. The van der Waals surface area contributed by atoms with Crippen LogP contribution in [-0.4, -0.2) is 80.0 Å². The lowest BCUT2D eigenvalue weighted by Crippen LogP contribution is -2.55. The monoisotopic (exact) mass is 751 g/mol. The Morgan fingerprint density at radius 1 is 1.15 bits per heavy atom. The molecular weight excluding hydrogens is 705 g/mol. The molecule has 3 atom stereocenters. The van der Waals surface area contributed by atoms with E-state index in [4.69, 9.17) is 28.7 Å². The predicted octanol–water partition coefficient (Wildman–Crippen LogP) is 5.81. The minimum absolute atomic E-state index is 0.0564. The summed E-state index contributed by atoms with van der Waals surface area (Å²) in [5.74, 6) is 0.830. The van der Waals surface area contributed by atoms with E-state index in [2.05, 4.69) is 47.8 Å². The average molecular weight is 752 g/mol. The molecule has 2 fully saturated rings. The number of hydrogen-bond acceptors (Lipinski definition) is 9. The van der Waals surface area contributed by atoms with Crippen molar-refractivity contribution >= 4 is 51.5 Å². The molecule has 1 aromatic heterocycles. The van der Waals surface area contributed by atoms with Crippen molar-refractivity contribution in [3.05, 3.63) is 21.3 Å². The normalized spacial score (nSPS) is 24.4. The number of rotatable bonds is 5. The van der Waals surface area contributed by atoms with Gasteiger partial charge >= 0.3 is 12.1 Å². The van der Waals surface area contributed by atoms with Gasteiger partial charge in [-0.25, -0.2) is 14.6 Å². The van der Waals surface area contributed by atoms with E-state index < -0.39 is 30.3 Å². The lowest BCUT2D eigenvalue weighted by molar-refractivity contribution is -0.152. The first-order valence-corrected chi connectivity index (χ1v) is 17.4. The molecule has 3 aliphatic rings. The van der Waals surface area contributed by atoms with Crippen LogP contribution in [0.15, 0.2) is 12.1 Å². The quantitative estimate of drug-likeness (QED) is 0.298. The van der Waals surface area contributed by atoms with Crippen LogP contribution in [-0.2, 0) is 25.5 Å². The molecule has 1 N–H and O–H groups in total. The van der Waals surface area contributed by atoms with Crippen LogP contribution in [0.1, 0.15) is 77.7 Å². The number of aryl methyl sites for hydroxylation is 1. The Balaban J connectivity index is 1.59. The van der Waals surface area contributed by atoms with E-state index in [-0.39, 0.29) is 36.8 Å². The second-order valence-electron chi connectivity index (χ2n) is 13.3. The van der Waals surface area contributed by atoms with Gasteiger partial charge < -0.3 is 33.9 Å². The Kier molecular flexibility index (Phi) is 11.0. The second-order valence-corrected chi connectivity index (χ2v) is 14.4. The number of nitrogens with zero attached hydrogens (tertiary/aromatic N) is 2. The van der Waals surface area contributed by atoms with Gasteiger partial charge in [-0.1, -0.05) is 33.1 Å². The Morgan fingerprint density at radius 2 is 1.91 bits per heavy atom. The number of alkyl carbamates (subject to hydrolysis) is 1. The van der Waals surface area contributed by atoms with Crippen LogP contribution < -0.4 is 19.5 Å². The number of pyridine rings is 1. The molecule has 1 saturated carbocycles. The number of amides is 2. The average Bonchev–Trinajstić information content (AvgIpc) is 3.46. The molecule has 2 aromatic rings. The van der Waals surface area contributed by atoms with Crippen LogP contribution in [0, 0.1) is 14.9 Å². The van der Waals surface area contributed by atoms with E-state index in [0.717, 1.165) is 71.6 Å². The second kappa shape index (κ2) is 14.8. The maximum atomic E-state index is 14.3. The number of hydrogen-bond donors (Lipinski definition) is 1. The number of cyclic esters (lactones) is 1. The molecule has 2 amide bonds. The summed E-state index contributed by atoms with van der Waals surface area (Å²) < 4.78 is 30.1. The lowest BCUT2D eigenvalue weighted by atomic mass is 9.83. The minimum atomic E-state index is -0.859. The van der Waals surface area contributed by atoms with Crippen molar-refractivity contribution in [2.45, 2.75) is 96.7 Å². The number of halogens is 1. The van der Waals surface area contributed by atoms with Crippen molar-refractivity contribution in [3.63, 3.8) is 0 Å². The van der Waals surface area contributed by atoms with Gasteiger partial charge in [-0.2, -0.15) is 0 Å². The first-order valence-electron chi connectivity index (χ1n) is 16.4. The van der Waals surface area contributed by atoms with Crippen molar-refractivity contribution < 1.29 is 38.1 Å². The molecule has 0 unspecified atom stereocenters. The maximum absolute atomic E-state index is 14.3. The molecule has 4 bridgehead atoms. The van der Waals surface area contributed by atoms with Crippen molar-refractivity contribution in [1.29, 1.82) is 0 Å². The summed E-state index contributed by atoms with van der Waals surface area (Å²) in [5.41, 5.74) is 1.41. The largest absolute Gasteiger partial charge is 0.495 e. The molecule has 3 heterocycles. The maximum Gasteiger partial charge on any atom is 0.407 e. The van der Waals surface area contributed by atoms with Crippen LogP contribution in [0.5, 0.6) is 17.4 Å². The zero-order valence-electron chi connectivity index (χ0n) is 27.5. The minimum Gasteiger partial charge on any atom is -0.495 e. The Labute approximate surface area is 284 Å². The van der Waals surface area contributed by atoms with Gasteiger partial charge in [0.25, 0.3) is 0 Å². The summed E-state index contributed by atoms with van der Waals surface area (Å²) in [6, 6.07) is 2.16. The first-order chi connectivity index (χ1) is 22.0. The third kappa shape index (κ3) is 7.57. The fourth-order valence-electron chi connectivity index (χ4n) is 6.98. The van der Waals surface area contributed by atoms with E-state index >= 15 is 0 Å². The number of fused-ring (bicyclic) bond motifs is 3. The van der Waals surface area contributed by atoms with Gasteiger partial charge in [0.05, 0.1) is 43.1 Å². The number of methoxy groups -OCH3 is 2. The summed E-state index contributed by atoms with van der Waals surface area (Å²) in [6.45, 7) is 6.81. The molecule has 1 aliphatic carbocycles. The standard InChI is InChI=1S/C34H46IN3O8/c1-6-44-26-17-25-23-15-21(30(42-4)27(35)29(23)36-26)13-10-14-34(2,3)19-45-33(41)37-28(20-11-8-7-9-12-20)31(39)38-18-22(46-25)16-24(38)32(40)43-5/h15,17,20,22,24,28H,6-14,16,18-19H2,1-5H3,(H,37,41)/t22-,24+,28+/m1/s1. The fourth-order valence-corrected chi connectivity index (χ4v) is 7.96. The highest BCUT2D eigenvalue weighted by molar-refractivity contribution is 14.1. The fraction of sp³-hybridized carbons (Fsp3) is 0.647. The van der Waals surface area contributed by atoms with E-state index in [1.54, 1.807) is 13.2 Å². The van der Waals surface area contributed by atoms with Gasteiger partial charge in [0.15, 0.2) is 0 Å². The van der Waals surface area contributed by atoms with Gasteiger partial charge in [0.2, 0.25) is 11.8 Å². The SMILES string of the molecule is CCOc1cc2c3cc(c(OC)c(I)c3n1)CCCC(C)(C)COC(=O)N[C@@H](C1CCCCC1)C(=O)N1C[C@@H](C[C@H]1C(=O)OC)O2. The topological polar surface area (TPSA) is 126 Å². The van der Waals surface area contributed by atoms with Crippen molar-refractivity contribution in [2.75, 3.05) is 34.0 Å². The van der Waals surface area contributed by atoms with Crippen LogP contribution >= 0.6 is 22.6 Å². The van der Waals surface area contributed by atoms with E-state index in [0.29, 0.717) is 23.8 Å². The van der Waals surface area contributed by atoms with E-state index in [1.165, 1.54) is 12.0 Å². The van der Waals surface area contributed by atoms with Gasteiger partial charge in [-0.3, -0.25) is 4.79 Å². The van der Waals surface area contributed by atoms with Crippen molar-refractivity contribution in [3.8, 4) is 17.4 Å². The molecule has 0 spiro atoms.